The predicted octanol–water partition coefficient (Wildman–Crippen LogP) is 5.52. The summed E-state index contributed by atoms with van der Waals surface area (Å²) in [5, 5.41) is 5.03. The van der Waals surface area contributed by atoms with Gasteiger partial charge in [0.05, 0.1) is 0 Å². The van der Waals surface area contributed by atoms with Crippen molar-refractivity contribution >= 4 is 23.7 Å². The molecule has 1 atom stereocenters. The molecule has 1 aromatic carbocycles. The minimum atomic E-state index is 0.125. The zero-order chi connectivity index (χ0) is 18.9. The largest absolute Gasteiger partial charge is 0.381 e. The summed E-state index contributed by atoms with van der Waals surface area (Å²) in [6, 6.07) is 10.2. The van der Waals surface area contributed by atoms with Gasteiger partial charge in [0.2, 0.25) is 5.91 Å². The molecule has 1 aromatic rings. The molecule has 1 N–H and O–H groups in total. The van der Waals surface area contributed by atoms with E-state index in [4.69, 9.17) is 4.74 Å². The van der Waals surface area contributed by atoms with Gasteiger partial charge in [0.1, 0.15) is 0 Å². The monoisotopic (exact) mass is 377 g/mol. The second kappa shape index (κ2) is 16.0. The lowest BCUT2D eigenvalue weighted by atomic mass is 10.0. The van der Waals surface area contributed by atoms with Gasteiger partial charge in [0, 0.05) is 31.9 Å². The molecule has 1 rings (SSSR count). The van der Waals surface area contributed by atoms with Crippen molar-refractivity contribution in [3.05, 3.63) is 41.3 Å². The zero-order valence-corrected chi connectivity index (χ0v) is 17.2. The van der Waals surface area contributed by atoms with Gasteiger partial charge in [-0.1, -0.05) is 63.4 Å². The van der Waals surface area contributed by atoms with Crippen LogP contribution in [0.4, 0.5) is 0 Å². The van der Waals surface area contributed by atoms with Crippen molar-refractivity contribution in [2.75, 3.05) is 25.5 Å². The second-order valence-corrected chi connectivity index (χ2v) is 7.54. The van der Waals surface area contributed by atoms with Crippen LogP contribution in [0.5, 0.6) is 0 Å². The number of carbonyl (C=O) groups excluding carboxylic acids is 1. The quantitative estimate of drug-likeness (QED) is 0.409. The van der Waals surface area contributed by atoms with E-state index < -0.39 is 0 Å². The molecule has 0 aliphatic heterocycles. The Balaban J connectivity index is 1.96. The van der Waals surface area contributed by atoms with Crippen molar-refractivity contribution in [2.45, 2.75) is 52.4 Å². The maximum absolute atomic E-state index is 11.8. The minimum Gasteiger partial charge on any atom is -0.381 e. The van der Waals surface area contributed by atoms with Crippen LogP contribution in [0.15, 0.2) is 35.7 Å². The number of hydrogen-bond donors (Lipinski definition) is 1. The predicted molar refractivity (Wildman–Crippen MR) is 114 cm³/mol. The topological polar surface area (TPSA) is 38.3 Å². The van der Waals surface area contributed by atoms with Gasteiger partial charge < -0.3 is 10.1 Å². The van der Waals surface area contributed by atoms with Crippen molar-refractivity contribution in [2.24, 2.45) is 5.92 Å². The van der Waals surface area contributed by atoms with Crippen molar-refractivity contribution in [3.8, 4) is 0 Å². The van der Waals surface area contributed by atoms with E-state index in [0.29, 0.717) is 18.9 Å². The van der Waals surface area contributed by atoms with E-state index in [1.807, 2.05) is 18.2 Å². The number of benzene rings is 1. The van der Waals surface area contributed by atoms with Crippen molar-refractivity contribution in [1.82, 2.24) is 5.32 Å². The van der Waals surface area contributed by atoms with E-state index >= 15 is 0 Å². The Hall–Kier alpha value is -1.26. The first-order valence-corrected chi connectivity index (χ1v) is 11.0. The van der Waals surface area contributed by atoms with E-state index in [-0.39, 0.29) is 5.91 Å². The maximum Gasteiger partial charge on any atom is 0.220 e. The molecular formula is C22H35NO2S. The summed E-state index contributed by atoms with van der Waals surface area (Å²) in [5.74, 6) is 1.62. The summed E-state index contributed by atoms with van der Waals surface area (Å²) in [5.41, 5.74) is 1.18. The summed E-state index contributed by atoms with van der Waals surface area (Å²) in [6.07, 6.45) is 8.51. The van der Waals surface area contributed by atoms with Crippen LogP contribution < -0.4 is 5.32 Å². The highest BCUT2D eigenvalue weighted by atomic mass is 32.2. The SMILES string of the molecule is CCCCC(CC)COCCCNC(=O)CCSC=Cc1ccccc1. The van der Waals surface area contributed by atoms with E-state index in [1.54, 1.807) is 11.8 Å². The minimum absolute atomic E-state index is 0.125. The first kappa shape index (κ1) is 22.8. The third-order valence-corrected chi connectivity index (χ3v) is 5.06. The highest BCUT2D eigenvalue weighted by Crippen LogP contribution is 2.13. The fourth-order valence-corrected chi connectivity index (χ4v) is 3.24. The average molecular weight is 378 g/mol. The van der Waals surface area contributed by atoms with Crippen LogP contribution in [0, 0.1) is 5.92 Å². The van der Waals surface area contributed by atoms with Crippen LogP contribution in [0.1, 0.15) is 57.9 Å². The highest BCUT2D eigenvalue weighted by molar-refractivity contribution is 8.02. The molecule has 26 heavy (non-hydrogen) atoms. The normalized spacial score (nSPS) is 12.4. The number of nitrogens with one attached hydrogen (secondary N) is 1. The van der Waals surface area contributed by atoms with Crippen LogP contribution in [0.25, 0.3) is 6.08 Å². The smallest absolute Gasteiger partial charge is 0.220 e. The third kappa shape index (κ3) is 12.2. The van der Waals surface area contributed by atoms with Gasteiger partial charge in [-0.3, -0.25) is 4.79 Å². The average Bonchev–Trinajstić information content (AvgIpc) is 2.67. The molecule has 4 heteroatoms. The fraction of sp³-hybridized carbons (Fsp3) is 0.591. The van der Waals surface area contributed by atoms with Crippen LogP contribution in [-0.4, -0.2) is 31.4 Å². The van der Waals surface area contributed by atoms with Crippen molar-refractivity contribution in [1.29, 1.82) is 0 Å². The Morgan fingerprint density at radius 3 is 2.77 bits per heavy atom. The van der Waals surface area contributed by atoms with E-state index in [1.165, 1.54) is 31.2 Å². The molecule has 0 aliphatic rings. The number of ether oxygens (including phenoxy) is 1. The number of carbonyl (C=O) groups is 1. The van der Waals surface area contributed by atoms with Crippen LogP contribution in [0.2, 0.25) is 0 Å². The van der Waals surface area contributed by atoms with Gasteiger partial charge in [0.15, 0.2) is 0 Å². The van der Waals surface area contributed by atoms with Crippen LogP contribution in [0.3, 0.4) is 0 Å². The number of hydrogen-bond acceptors (Lipinski definition) is 3. The summed E-state index contributed by atoms with van der Waals surface area (Å²) in [7, 11) is 0. The van der Waals surface area contributed by atoms with E-state index in [9.17, 15) is 4.79 Å². The Bertz CT molecular complexity index is 490. The Kier molecular flexibility index (Phi) is 14.0. The molecule has 3 nitrogen and oxygen atoms in total. The van der Waals surface area contributed by atoms with Gasteiger partial charge in [-0.2, -0.15) is 0 Å². The highest BCUT2D eigenvalue weighted by Gasteiger charge is 2.05. The summed E-state index contributed by atoms with van der Waals surface area (Å²) < 4.78 is 5.76. The van der Waals surface area contributed by atoms with Crippen LogP contribution >= 0.6 is 11.8 Å². The molecule has 0 fully saturated rings. The Labute approximate surface area is 164 Å². The van der Waals surface area contributed by atoms with Crippen LogP contribution in [-0.2, 0) is 9.53 Å². The third-order valence-electron chi connectivity index (χ3n) is 4.29. The number of rotatable bonds is 15. The second-order valence-electron chi connectivity index (χ2n) is 6.53. The molecule has 0 spiro atoms. The van der Waals surface area contributed by atoms with Gasteiger partial charge >= 0.3 is 0 Å². The lowest BCUT2D eigenvalue weighted by Crippen LogP contribution is -2.25. The Morgan fingerprint density at radius 1 is 1.23 bits per heavy atom. The first-order chi connectivity index (χ1) is 12.8. The van der Waals surface area contributed by atoms with Gasteiger partial charge in [-0.25, -0.2) is 0 Å². The molecule has 0 saturated carbocycles. The molecule has 0 bridgehead atoms. The number of thioether (sulfide) groups is 1. The lowest BCUT2D eigenvalue weighted by molar-refractivity contribution is -0.120. The number of amides is 1. The lowest BCUT2D eigenvalue weighted by Gasteiger charge is -2.14. The summed E-state index contributed by atoms with van der Waals surface area (Å²) in [6.45, 7) is 6.76. The standard InChI is InChI=1S/C22H35NO2S/c1-3-5-10-20(4-2)19-25-16-9-15-23-22(24)14-18-26-17-13-21-11-7-6-8-12-21/h6-8,11-13,17,20H,3-5,9-10,14-16,18-19H2,1-2H3,(H,23,24). The van der Waals surface area contributed by atoms with Crippen molar-refractivity contribution < 1.29 is 9.53 Å². The molecule has 0 saturated heterocycles. The molecule has 1 amide bonds. The molecule has 0 aromatic heterocycles. The molecule has 0 radical (unpaired) electrons. The summed E-state index contributed by atoms with van der Waals surface area (Å²) >= 11 is 1.67. The molecular weight excluding hydrogens is 342 g/mol. The molecule has 0 aliphatic carbocycles. The fourth-order valence-electron chi connectivity index (χ4n) is 2.55. The van der Waals surface area contributed by atoms with Gasteiger partial charge in [-0.15, -0.1) is 11.8 Å². The van der Waals surface area contributed by atoms with E-state index in [2.05, 4.69) is 42.8 Å². The maximum atomic E-state index is 11.8. The molecule has 1 unspecified atom stereocenters. The van der Waals surface area contributed by atoms with Gasteiger partial charge in [0.25, 0.3) is 0 Å². The number of unbranched alkanes of at least 4 members (excludes halogenated alkanes) is 1. The van der Waals surface area contributed by atoms with Crippen molar-refractivity contribution in [3.63, 3.8) is 0 Å². The summed E-state index contributed by atoms with van der Waals surface area (Å²) in [4.78, 5) is 11.8. The Morgan fingerprint density at radius 2 is 2.04 bits per heavy atom. The zero-order valence-electron chi connectivity index (χ0n) is 16.4. The van der Waals surface area contributed by atoms with E-state index in [0.717, 1.165) is 25.4 Å². The molecule has 146 valence electrons. The van der Waals surface area contributed by atoms with Gasteiger partial charge in [-0.05, 0) is 35.8 Å². The first-order valence-electron chi connectivity index (χ1n) is 9.93. The molecule has 0 heterocycles.